The summed E-state index contributed by atoms with van der Waals surface area (Å²) in [6, 6.07) is 14.3. The molecule has 0 radical (unpaired) electrons. The molecule has 0 bridgehead atoms. The van der Waals surface area contributed by atoms with Gasteiger partial charge in [0, 0.05) is 16.7 Å². The van der Waals surface area contributed by atoms with Crippen LogP contribution in [0.5, 0.6) is 5.75 Å². The van der Waals surface area contributed by atoms with Gasteiger partial charge in [-0.05, 0) is 29.3 Å². The molecule has 2 rings (SSSR count). The van der Waals surface area contributed by atoms with Crippen molar-refractivity contribution in [3.05, 3.63) is 70.8 Å². The number of aliphatic carboxylic acids is 1. The topological polar surface area (TPSA) is 46.5 Å². The Labute approximate surface area is 122 Å². The quantitative estimate of drug-likeness (QED) is 0.869. The zero-order valence-corrected chi connectivity index (χ0v) is 11.6. The highest BCUT2D eigenvalue weighted by atomic mass is 35.5. The highest BCUT2D eigenvalue weighted by Crippen LogP contribution is 2.30. The molecule has 3 nitrogen and oxygen atoms in total. The lowest BCUT2D eigenvalue weighted by atomic mass is 9.97. The number of carboxylic acid groups (broad SMARTS) is 1. The van der Waals surface area contributed by atoms with E-state index >= 15 is 0 Å². The van der Waals surface area contributed by atoms with Crippen molar-refractivity contribution in [1.82, 2.24) is 0 Å². The lowest BCUT2D eigenvalue weighted by molar-refractivity contribution is -0.131. The molecule has 1 N–H and O–H groups in total. The van der Waals surface area contributed by atoms with Crippen LogP contribution in [0.3, 0.4) is 0 Å². The molecular weight excluding hydrogens is 276 g/mol. The predicted molar refractivity (Wildman–Crippen MR) is 79.2 cm³/mol. The van der Waals surface area contributed by atoms with E-state index in [-0.39, 0.29) is 0 Å². The molecule has 0 aromatic heterocycles. The molecule has 0 aliphatic heterocycles. The third-order valence-electron chi connectivity index (χ3n) is 2.81. The molecule has 0 aliphatic carbocycles. The molecule has 0 amide bonds. The van der Waals surface area contributed by atoms with E-state index in [1.54, 1.807) is 43.5 Å². The average molecular weight is 289 g/mol. The van der Waals surface area contributed by atoms with Gasteiger partial charge in [-0.2, -0.15) is 0 Å². The monoisotopic (exact) mass is 288 g/mol. The van der Waals surface area contributed by atoms with Crippen molar-refractivity contribution in [3.63, 3.8) is 0 Å². The summed E-state index contributed by atoms with van der Waals surface area (Å²) in [6.45, 7) is 0. The van der Waals surface area contributed by atoms with E-state index in [0.717, 1.165) is 11.6 Å². The van der Waals surface area contributed by atoms with Gasteiger partial charge < -0.3 is 9.84 Å². The molecule has 20 heavy (non-hydrogen) atoms. The van der Waals surface area contributed by atoms with Crippen LogP contribution in [0.4, 0.5) is 0 Å². The van der Waals surface area contributed by atoms with Crippen LogP contribution in [0.1, 0.15) is 11.1 Å². The fourth-order valence-electron chi connectivity index (χ4n) is 1.91. The molecule has 0 saturated carbocycles. The number of benzene rings is 2. The van der Waals surface area contributed by atoms with Gasteiger partial charge in [0.2, 0.25) is 0 Å². The number of carbonyl (C=O) groups is 1. The first-order valence-corrected chi connectivity index (χ1v) is 6.33. The Kier molecular flexibility index (Phi) is 4.43. The third-order valence-corrected chi connectivity index (χ3v) is 3.14. The highest BCUT2D eigenvalue weighted by Gasteiger charge is 2.11. The molecule has 0 fully saturated rings. The Bertz CT molecular complexity index is 662. The van der Waals surface area contributed by atoms with Gasteiger partial charge in [-0.3, -0.25) is 0 Å². The van der Waals surface area contributed by atoms with Crippen LogP contribution in [0, 0.1) is 0 Å². The van der Waals surface area contributed by atoms with Crippen LogP contribution in [0.2, 0.25) is 5.02 Å². The maximum absolute atomic E-state index is 11.1. The predicted octanol–water partition coefficient (Wildman–Crippen LogP) is 3.86. The number of methoxy groups -OCH3 is 1. The minimum Gasteiger partial charge on any atom is -0.497 e. The van der Waals surface area contributed by atoms with Crippen LogP contribution >= 0.6 is 11.6 Å². The van der Waals surface area contributed by atoms with Crippen molar-refractivity contribution in [2.75, 3.05) is 7.11 Å². The lowest BCUT2D eigenvalue weighted by Gasteiger charge is -2.10. The third kappa shape index (κ3) is 3.19. The van der Waals surface area contributed by atoms with E-state index < -0.39 is 5.97 Å². The van der Waals surface area contributed by atoms with Crippen LogP contribution < -0.4 is 4.74 Å². The van der Waals surface area contributed by atoms with Crippen LogP contribution in [0.25, 0.3) is 5.57 Å². The van der Waals surface area contributed by atoms with Crippen molar-refractivity contribution in [2.24, 2.45) is 0 Å². The molecule has 102 valence electrons. The van der Waals surface area contributed by atoms with Gasteiger partial charge in [0.15, 0.2) is 0 Å². The maximum Gasteiger partial charge on any atom is 0.328 e. The summed E-state index contributed by atoms with van der Waals surface area (Å²) in [4.78, 5) is 11.1. The largest absolute Gasteiger partial charge is 0.497 e. The normalized spacial score (nSPS) is 11.2. The van der Waals surface area contributed by atoms with Gasteiger partial charge in [0.05, 0.1) is 7.11 Å². The van der Waals surface area contributed by atoms with Gasteiger partial charge in [-0.25, -0.2) is 4.79 Å². The number of halogens is 1. The standard InChI is InChI=1S/C16H13ClO3/c1-20-12-6-4-5-11(9-12)14(10-16(18)19)13-7-2-3-8-15(13)17/h2-10H,1H3,(H,18,19)/b14-10-. The van der Waals surface area contributed by atoms with Gasteiger partial charge in [-0.1, -0.05) is 41.9 Å². The fourth-order valence-corrected chi connectivity index (χ4v) is 2.15. The first-order chi connectivity index (χ1) is 9.61. The van der Waals surface area contributed by atoms with Gasteiger partial charge in [0.25, 0.3) is 0 Å². The van der Waals surface area contributed by atoms with Gasteiger partial charge in [0.1, 0.15) is 5.75 Å². The molecule has 0 spiro atoms. The van der Waals surface area contributed by atoms with Crippen molar-refractivity contribution >= 4 is 23.1 Å². The van der Waals surface area contributed by atoms with Crippen molar-refractivity contribution in [3.8, 4) is 5.75 Å². The second-order valence-electron chi connectivity index (χ2n) is 4.11. The van der Waals surface area contributed by atoms with E-state index in [0.29, 0.717) is 21.9 Å². The van der Waals surface area contributed by atoms with Crippen molar-refractivity contribution < 1.29 is 14.6 Å². The maximum atomic E-state index is 11.1. The SMILES string of the molecule is COc1cccc(/C(=C/C(=O)O)c2ccccc2Cl)c1. The second kappa shape index (κ2) is 6.26. The fraction of sp³-hybridized carbons (Fsp3) is 0.0625. The summed E-state index contributed by atoms with van der Waals surface area (Å²) >= 11 is 6.16. The Morgan fingerprint density at radius 3 is 2.60 bits per heavy atom. The van der Waals surface area contributed by atoms with E-state index in [1.165, 1.54) is 0 Å². The smallest absolute Gasteiger partial charge is 0.328 e. The summed E-state index contributed by atoms with van der Waals surface area (Å²) in [5.74, 6) is -0.367. The zero-order valence-electron chi connectivity index (χ0n) is 10.8. The van der Waals surface area contributed by atoms with E-state index in [4.69, 9.17) is 21.4 Å². The number of hydrogen-bond acceptors (Lipinski definition) is 2. The van der Waals surface area contributed by atoms with E-state index in [9.17, 15) is 4.79 Å². The van der Waals surface area contributed by atoms with Crippen LogP contribution in [0.15, 0.2) is 54.6 Å². The number of rotatable bonds is 4. The summed E-state index contributed by atoms with van der Waals surface area (Å²) < 4.78 is 5.17. The van der Waals surface area contributed by atoms with E-state index in [2.05, 4.69) is 0 Å². The highest BCUT2D eigenvalue weighted by molar-refractivity contribution is 6.32. The summed E-state index contributed by atoms with van der Waals surface area (Å²) in [7, 11) is 1.56. The molecule has 4 heteroatoms. The molecule has 2 aromatic carbocycles. The zero-order chi connectivity index (χ0) is 14.5. The van der Waals surface area contributed by atoms with Gasteiger partial charge in [-0.15, -0.1) is 0 Å². The van der Waals surface area contributed by atoms with Crippen molar-refractivity contribution in [1.29, 1.82) is 0 Å². The first kappa shape index (κ1) is 14.2. The Morgan fingerprint density at radius 2 is 1.95 bits per heavy atom. The van der Waals surface area contributed by atoms with Crippen molar-refractivity contribution in [2.45, 2.75) is 0 Å². The summed E-state index contributed by atoms with van der Waals surface area (Å²) in [6.07, 6.45) is 1.15. The van der Waals surface area contributed by atoms with Crippen LogP contribution in [-0.2, 0) is 4.79 Å². The molecule has 0 aliphatic rings. The number of hydrogen-bond donors (Lipinski definition) is 1. The molecule has 0 saturated heterocycles. The lowest BCUT2D eigenvalue weighted by Crippen LogP contribution is -1.96. The molecule has 0 unspecified atom stereocenters. The molecule has 0 atom stereocenters. The minimum atomic E-state index is -1.03. The Balaban J connectivity index is 2.59. The van der Waals surface area contributed by atoms with E-state index in [1.807, 2.05) is 12.1 Å². The van der Waals surface area contributed by atoms with Crippen LogP contribution in [-0.4, -0.2) is 18.2 Å². The Morgan fingerprint density at radius 1 is 1.20 bits per heavy atom. The number of ether oxygens (including phenoxy) is 1. The molecule has 2 aromatic rings. The first-order valence-electron chi connectivity index (χ1n) is 5.96. The summed E-state index contributed by atoms with van der Waals surface area (Å²) in [5, 5.41) is 9.58. The molecular formula is C16H13ClO3. The second-order valence-corrected chi connectivity index (χ2v) is 4.52. The number of carboxylic acids is 1. The average Bonchev–Trinajstić information content (AvgIpc) is 2.45. The minimum absolute atomic E-state index is 0.503. The molecule has 0 heterocycles. The Hall–Kier alpha value is -2.26. The van der Waals surface area contributed by atoms with Gasteiger partial charge >= 0.3 is 5.97 Å². The summed E-state index contributed by atoms with van der Waals surface area (Å²) in [5.41, 5.74) is 1.95.